The molecule has 1 heterocycles. The molecule has 0 saturated carbocycles. The Hall–Kier alpha value is -2.03. The molecule has 0 spiro atoms. The number of aromatic nitrogens is 1. The zero-order chi connectivity index (χ0) is 12.3. The Kier molecular flexibility index (Phi) is 3.28. The molecule has 0 aliphatic rings. The van der Waals surface area contributed by atoms with Crippen molar-refractivity contribution in [2.45, 2.75) is 20.3 Å². The third-order valence-electron chi connectivity index (χ3n) is 2.57. The standard InChI is InChI=1S/C14H16N2O/c1-3-11-5-4-6-13(8-11)17-14-10(2)7-12(15)9-16-14/h4-9H,3,15H2,1-2H3. The van der Waals surface area contributed by atoms with Gasteiger partial charge in [0.1, 0.15) is 5.75 Å². The number of nitrogens with two attached hydrogens (primary N) is 1. The molecule has 0 unspecified atom stereocenters. The molecule has 0 aliphatic heterocycles. The second-order valence-corrected chi connectivity index (χ2v) is 3.99. The molecule has 1 aromatic carbocycles. The smallest absolute Gasteiger partial charge is 0.222 e. The third-order valence-corrected chi connectivity index (χ3v) is 2.57. The fourth-order valence-corrected chi connectivity index (χ4v) is 1.63. The van der Waals surface area contributed by atoms with E-state index < -0.39 is 0 Å². The molecule has 0 radical (unpaired) electrons. The molecule has 3 nitrogen and oxygen atoms in total. The predicted octanol–water partition coefficient (Wildman–Crippen LogP) is 3.33. The summed E-state index contributed by atoms with van der Waals surface area (Å²) in [6.07, 6.45) is 2.59. The van der Waals surface area contributed by atoms with Crippen molar-refractivity contribution < 1.29 is 4.74 Å². The van der Waals surface area contributed by atoms with Gasteiger partial charge in [-0.3, -0.25) is 0 Å². The van der Waals surface area contributed by atoms with E-state index in [9.17, 15) is 0 Å². The number of hydrogen-bond donors (Lipinski definition) is 1. The first kappa shape index (κ1) is 11.5. The van der Waals surface area contributed by atoms with Crippen LogP contribution in [0, 0.1) is 6.92 Å². The quantitative estimate of drug-likeness (QED) is 0.876. The summed E-state index contributed by atoms with van der Waals surface area (Å²) in [6, 6.07) is 9.87. The second-order valence-electron chi connectivity index (χ2n) is 3.99. The maximum Gasteiger partial charge on any atom is 0.222 e. The predicted molar refractivity (Wildman–Crippen MR) is 69.3 cm³/mol. The molecule has 17 heavy (non-hydrogen) atoms. The van der Waals surface area contributed by atoms with E-state index in [0.717, 1.165) is 17.7 Å². The highest BCUT2D eigenvalue weighted by molar-refractivity contribution is 5.43. The van der Waals surface area contributed by atoms with Crippen molar-refractivity contribution in [1.29, 1.82) is 0 Å². The number of rotatable bonds is 3. The molecular weight excluding hydrogens is 212 g/mol. The lowest BCUT2D eigenvalue weighted by Crippen LogP contribution is -1.94. The first-order valence-electron chi connectivity index (χ1n) is 5.68. The minimum atomic E-state index is 0.604. The maximum absolute atomic E-state index is 5.74. The zero-order valence-electron chi connectivity index (χ0n) is 10.1. The lowest BCUT2D eigenvalue weighted by molar-refractivity contribution is 0.458. The third kappa shape index (κ3) is 2.75. The van der Waals surface area contributed by atoms with Crippen LogP contribution in [0.25, 0.3) is 0 Å². The van der Waals surface area contributed by atoms with Crippen molar-refractivity contribution in [2.24, 2.45) is 0 Å². The van der Waals surface area contributed by atoms with E-state index in [4.69, 9.17) is 10.5 Å². The minimum absolute atomic E-state index is 0.604. The fourth-order valence-electron chi connectivity index (χ4n) is 1.63. The van der Waals surface area contributed by atoms with E-state index in [0.29, 0.717) is 11.6 Å². The summed E-state index contributed by atoms with van der Waals surface area (Å²) in [4.78, 5) is 4.18. The Morgan fingerprint density at radius 2 is 2.12 bits per heavy atom. The second kappa shape index (κ2) is 4.87. The van der Waals surface area contributed by atoms with Crippen molar-refractivity contribution >= 4 is 5.69 Å². The van der Waals surface area contributed by atoms with Gasteiger partial charge in [0.15, 0.2) is 0 Å². The molecule has 0 fully saturated rings. The van der Waals surface area contributed by atoms with Gasteiger partial charge in [-0.15, -0.1) is 0 Å². The van der Waals surface area contributed by atoms with Crippen LogP contribution in [0.1, 0.15) is 18.1 Å². The summed E-state index contributed by atoms with van der Waals surface area (Å²) >= 11 is 0. The van der Waals surface area contributed by atoms with Crippen LogP contribution in [0.15, 0.2) is 36.5 Å². The number of pyridine rings is 1. The molecule has 0 aliphatic carbocycles. The molecule has 0 atom stereocenters. The van der Waals surface area contributed by atoms with E-state index in [-0.39, 0.29) is 0 Å². The van der Waals surface area contributed by atoms with E-state index in [2.05, 4.69) is 18.0 Å². The summed E-state index contributed by atoms with van der Waals surface area (Å²) in [6.45, 7) is 4.05. The highest BCUT2D eigenvalue weighted by Crippen LogP contribution is 2.24. The van der Waals surface area contributed by atoms with Gasteiger partial charge in [0.05, 0.1) is 11.9 Å². The van der Waals surface area contributed by atoms with Crippen LogP contribution < -0.4 is 10.5 Å². The van der Waals surface area contributed by atoms with E-state index in [1.54, 1.807) is 6.20 Å². The van der Waals surface area contributed by atoms with E-state index in [1.807, 2.05) is 31.2 Å². The topological polar surface area (TPSA) is 48.1 Å². The highest BCUT2D eigenvalue weighted by Gasteiger charge is 2.03. The Bertz CT molecular complexity index is 523. The van der Waals surface area contributed by atoms with Gasteiger partial charge in [0.25, 0.3) is 0 Å². The van der Waals surface area contributed by atoms with Crippen molar-refractivity contribution in [1.82, 2.24) is 4.98 Å². The first-order valence-corrected chi connectivity index (χ1v) is 5.68. The first-order chi connectivity index (χ1) is 8.19. The van der Waals surface area contributed by atoms with E-state index >= 15 is 0 Å². The molecule has 88 valence electrons. The van der Waals surface area contributed by atoms with Crippen LogP contribution in [-0.2, 0) is 6.42 Å². The van der Waals surface area contributed by atoms with Crippen LogP contribution in [0.2, 0.25) is 0 Å². The Morgan fingerprint density at radius 1 is 1.29 bits per heavy atom. The molecule has 2 aromatic rings. The summed E-state index contributed by atoms with van der Waals surface area (Å²) in [5, 5.41) is 0. The van der Waals surface area contributed by atoms with Gasteiger partial charge in [-0.25, -0.2) is 4.98 Å². The van der Waals surface area contributed by atoms with Crippen molar-refractivity contribution in [2.75, 3.05) is 5.73 Å². The van der Waals surface area contributed by atoms with Gasteiger partial charge < -0.3 is 10.5 Å². The van der Waals surface area contributed by atoms with Crippen LogP contribution in [0.3, 0.4) is 0 Å². The number of aryl methyl sites for hydroxylation is 2. The largest absolute Gasteiger partial charge is 0.439 e. The van der Waals surface area contributed by atoms with E-state index in [1.165, 1.54) is 5.56 Å². The summed E-state index contributed by atoms with van der Waals surface area (Å²) in [5.41, 5.74) is 8.48. The van der Waals surface area contributed by atoms with Gasteiger partial charge in [0.2, 0.25) is 5.88 Å². The number of nitrogens with zero attached hydrogens (tertiary/aromatic N) is 1. The molecule has 0 saturated heterocycles. The van der Waals surface area contributed by atoms with Crippen molar-refractivity contribution in [3.8, 4) is 11.6 Å². The number of hydrogen-bond acceptors (Lipinski definition) is 3. The Labute approximate surface area is 101 Å². The maximum atomic E-state index is 5.74. The number of ether oxygens (including phenoxy) is 1. The average Bonchev–Trinajstić information content (AvgIpc) is 2.33. The summed E-state index contributed by atoms with van der Waals surface area (Å²) in [5.74, 6) is 1.41. The molecule has 3 heteroatoms. The van der Waals surface area contributed by atoms with Gasteiger partial charge in [-0.1, -0.05) is 19.1 Å². The number of nitrogen functional groups attached to an aromatic ring is 1. The lowest BCUT2D eigenvalue weighted by atomic mass is 10.2. The normalized spacial score (nSPS) is 10.2. The zero-order valence-corrected chi connectivity index (χ0v) is 10.1. The fraction of sp³-hybridized carbons (Fsp3) is 0.214. The average molecular weight is 228 g/mol. The molecule has 1 aromatic heterocycles. The molecule has 0 bridgehead atoms. The summed E-state index contributed by atoms with van der Waals surface area (Å²) in [7, 11) is 0. The Morgan fingerprint density at radius 3 is 2.82 bits per heavy atom. The Balaban J connectivity index is 2.25. The van der Waals surface area contributed by atoms with Gasteiger partial charge >= 0.3 is 0 Å². The SMILES string of the molecule is CCc1cccc(Oc2ncc(N)cc2C)c1. The van der Waals surface area contributed by atoms with Gasteiger partial charge in [0, 0.05) is 5.56 Å². The highest BCUT2D eigenvalue weighted by atomic mass is 16.5. The van der Waals surface area contributed by atoms with Crippen molar-refractivity contribution in [3.63, 3.8) is 0 Å². The molecule has 2 rings (SSSR count). The van der Waals surface area contributed by atoms with Gasteiger partial charge in [-0.2, -0.15) is 0 Å². The number of benzene rings is 1. The minimum Gasteiger partial charge on any atom is -0.439 e. The molecule has 0 amide bonds. The van der Waals surface area contributed by atoms with Crippen molar-refractivity contribution in [3.05, 3.63) is 47.7 Å². The van der Waals surface area contributed by atoms with Gasteiger partial charge in [-0.05, 0) is 37.1 Å². The molecule has 2 N–H and O–H groups in total. The molecular formula is C14H16N2O. The number of anilines is 1. The summed E-state index contributed by atoms with van der Waals surface area (Å²) < 4.78 is 5.74. The van der Waals surface area contributed by atoms with Crippen LogP contribution in [0.4, 0.5) is 5.69 Å². The monoisotopic (exact) mass is 228 g/mol. The van der Waals surface area contributed by atoms with Crippen LogP contribution in [-0.4, -0.2) is 4.98 Å². The van der Waals surface area contributed by atoms with Crippen LogP contribution in [0.5, 0.6) is 11.6 Å². The van der Waals surface area contributed by atoms with Crippen LogP contribution >= 0.6 is 0 Å². The lowest BCUT2D eigenvalue weighted by Gasteiger charge is -2.08.